The van der Waals surface area contributed by atoms with Crippen molar-refractivity contribution in [2.75, 3.05) is 0 Å². The van der Waals surface area contributed by atoms with Gasteiger partial charge in [0, 0.05) is 18.4 Å². The van der Waals surface area contributed by atoms with Gasteiger partial charge in [0.25, 0.3) is 0 Å². The maximum atomic E-state index is 5.60. The summed E-state index contributed by atoms with van der Waals surface area (Å²) >= 11 is 0. The molecular formula is C14H18N2. The van der Waals surface area contributed by atoms with Crippen LogP contribution in [-0.2, 0) is 6.42 Å². The lowest BCUT2D eigenvalue weighted by molar-refractivity contribution is 0.403. The first-order valence-electron chi connectivity index (χ1n) is 5.84. The zero-order chi connectivity index (χ0) is 11.4. The van der Waals surface area contributed by atoms with Gasteiger partial charge in [-0.2, -0.15) is 0 Å². The Morgan fingerprint density at radius 2 is 2.31 bits per heavy atom. The number of terminal acetylenes is 1. The van der Waals surface area contributed by atoms with Gasteiger partial charge in [-0.1, -0.05) is 24.3 Å². The topological polar surface area (TPSA) is 38.0 Å². The van der Waals surface area contributed by atoms with Gasteiger partial charge in [-0.3, -0.25) is 11.3 Å². The standard InChI is InChI=1S/C14H18N2/c1-2-6-14(16-15)13-10-5-8-11-7-3-4-9-12(11)13/h1,3-4,7,9,13-14,16H,5-6,8,10,15H2. The van der Waals surface area contributed by atoms with E-state index in [4.69, 9.17) is 12.3 Å². The number of hydrazine groups is 1. The molecule has 0 radical (unpaired) electrons. The van der Waals surface area contributed by atoms with Crippen LogP contribution >= 0.6 is 0 Å². The van der Waals surface area contributed by atoms with Gasteiger partial charge in [0.1, 0.15) is 0 Å². The molecule has 16 heavy (non-hydrogen) atoms. The van der Waals surface area contributed by atoms with Gasteiger partial charge >= 0.3 is 0 Å². The maximum absolute atomic E-state index is 5.60. The zero-order valence-corrected chi connectivity index (χ0v) is 9.45. The van der Waals surface area contributed by atoms with Crippen molar-refractivity contribution in [2.45, 2.75) is 37.6 Å². The lowest BCUT2D eigenvalue weighted by Crippen LogP contribution is -2.40. The van der Waals surface area contributed by atoms with Crippen LogP contribution in [0.5, 0.6) is 0 Å². The third kappa shape index (κ3) is 2.11. The second-order valence-corrected chi connectivity index (χ2v) is 4.38. The minimum atomic E-state index is 0.200. The molecule has 0 saturated heterocycles. The van der Waals surface area contributed by atoms with Crippen molar-refractivity contribution in [3.63, 3.8) is 0 Å². The first-order valence-corrected chi connectivity index (χ1v) is 5.84. The highest BCUT2D eigenvalue weighted by Crippen LogP contribution is 2.34. The molecular weight excluding hydrogens is 196 g/mol. The fourth-order valence-corrected chi connectivity index (χ4v) is 2.65. The Morgan fingerprint density at radius 1 is 1.50 bits per heavy atom. The predicted octanol–water partition coefficient (Wildman–Crippen LogP) is 1.96. The fourth-order valence-electron chi connectivity index (χ4n) is 2.65. The van der Waals surface area contributed by atoms with Crippen molar-refractivity contribution in [2.24, 2.45) is 5.84 Å². The van der Waals surface area contributed by atoms with E-state index in [0.717, 1.165) is 0 Å². The molecule has 0 spiro atoms. The van der Waals surface area contributed by atoms with Gasteiger partial charge in [-0.05, 0) is 30.4 Å². The Morgan fingerprint density at radius 3 is 3.06 bits per heavy atom. The summed E-state index contributed by atoms with van der Waals surface area (Å²) in [6, 6.07) is 8.82. The molecule has 2 rings (SSSR count). The smallest absolute Gasteiger partial charge is 0.0388 e. The number of rotatable bonds is 3. The SMILES string of the molecule is C#CCC(NN)C1CCCc2ccccc21. The highest BCUT2D eigenvalue weighted by atomic mass is 15.2. The first-order chi connectivity index (χ1) is 7.86. The van der Waals surface area contributed by atoms with E-state index < -0.39 is 0 Å². The van der Waals surface area contributed by atoms with E-state index in [0.29, 0.717) is 12.3 Å². The van der Waals surface area contributed by atoms with Crippen LogP contribution in [-0.4, -0.2) is 6.04 Å². The molecule has 1 aliphatic rings. The van der Waals surface area contributed by atoms with E-state index in [-0.39, 0.29) is 6.04 Å². The number of hydrogen-bond donors (Lipinski definition) is 2. The molecule has 0 heterocycles. The largest absolute Gasteiger partial charge is 0.271 e. The Labute approximate surface area is 97.2 Å². The van der Waals surface area contributed by atoms with Crippen LogP contribution in [0.2, 0.25) is 0 Å². The molecule has 2 nitrogen and oxygen atoms in total. The van der Waals surface area contributed by atoms with Crippen molar-refractivity contribution in [1.29, 1.82) is 0 Å². The molecule has 1 aromatic carbocycles. The van der Waals surface area contributed by atoms with Gasteiger partial charge in [-0.25, -0.2) is 0 Å². The fraction of sp³-hybridized carbons (Fsp3) is 0.429. The Balaban J connectivity index is 2.27. The van der Waals surface area contributed by atoms with Crippen LogP contribution in [0.3, 0.4) is 0 Å². The maximum Gasteiger partial charge on any atom is 0.0388 e. The molecule has 0 aliphatic heterocycles. The van der Waals surface area contributed by atoms with E-state index >= 15 is 0 Å². The van der Waals surface area contributed by atoms with Crippen LogP contribution in [0, 0.1) is 12.3 Å². The van der Waals surface area contributed by atoms with E-state index in [1.165, 1.54) is 30.4 Å². The van der Waals surface area contributed by atoms with Crippen LogP contribution in [0.4, 0.5) is 0 Å². The minimum Gasteiger partial charge on any atom is -0.271 e. The van der Waals surface area contributed by atoms with Crippen LogP contribution in [0.1, 0.15) is 36.3 Å². The lowest BCUT2D eigenvalue weighted by Gasteiger charge is -2.31. The second-order valence-electron chi connectivity index (χ2n) is 4.38. The molecule has 84 valence electrons. The van der Waals surface area contributed by atoms with Crippen LogP contribution < -0.4 is 11.3 Å². The molecule has 1 aliphatic carbocycles. The monoisotopic (exact) mass is 214 g/mol. The summed E-state index contributed by atoms with van der Waals surface area (Å²) in [6.45, 7) is 0. The quantitative estimate of drug-likeness (QED) is 0.458. The van der Waals surface area contributed by atoms with Gasteiger partial charge in [0.15, 0.2) is 0 Å². The van der Waals surface area contributed by atoms with Crippen molar-refractivity contribution in [3.8, 4) is 12.3 Å². The minimum absolute atomic E-state index is 0.200. The number of benzene rings is 1. The van der Waals surface area contributed by atoms with Crippen molar-refractivity contribution in [1.82, 2.24) is 5.43 Å². The van der Waals surface area contributed by atoms with Crippen LogP contribution in [0.15, 0.2) is 24.3 Å². The van der Waals surface area contributed by atoms with Gasteiger partial charge in [0.2, 0.25) is 0 Å². The third-order valence-corrected chi connectivity index (χ3v) is 3.45. The lowest BCUT2D eigenvalue weighted by atomic mass is 9.78. The average molecular weight is 214 g/mol. The summed E-state index contributed by atoms with van der Waals surface area (Å²) in [5, 5.41) is 0. The number of nitrogens with two attached hydrogens (primary N) is 1. The van der Waals surface area contributed by atoms with E-state index in [9.17, 15) is 0 Å². The molecule has 2 unspecified atom stereocenters. The molecule has 0 bridgehead atoms. The molecule has 0 saturated carbocycles. The Bertz CT molecular complexity index is 392. The summed E-state index contributed by atoms with van der Waals surface area (Å²) in [7, 11) is 0. The number of fused-ring (bicyclic) bond motifs is 1. The highest BCUT2D eigenvalue weighted by Gasteiger charge is 2.26. The van der Waals surface area contributed by atoms with Crippen molar-refractivity contribution >= 4 is 0 Å². The number of hydrogen-bond acceptors (Lipinski definition) is 2. The zero-order valence-electron chi connectivity index (χ0n) is 9.45. The molecule has 0 amide bonds. The van der Waals surface area contributed by atoms with Gasteiger partial charge in [0.05, 0.1) is 0 Å². The summed E-state index contributed by atoms with van der Waals surface area (Å²) in [5.74, 6) is 8.77. The third-order valence-electron chi connectivity index (χ3n) is 3.45. The predicted molar refractivity (Wildman–Crippen MR) is 66.7 cm³/mol. The van der Waals surface area contributed by atoms with E-state index in [1.807, 2.05) is 0 Å². The number of aryl methyl sites for hydroxylation is 1. The molecule has 1 aromatic rings. The highest BCUT2D eigenvalue weighted by molar-refractivity contribution is 5.34. The summed E-state index contributed by atoms with van der Waals surface area (Å²) < 4.78 is 0. The Kier molecular flexibility index (Phi) is 3.61. The normalized spacial score (nSPS) is 20.9. The molecule has 3 N–H and O–H groups in total. The van der Waals surface area contributed by atoms with Gasteiger partial charge < -0.3 is 0 Å². The summed E-state index contributed by atoms with van der Waals surface area (Å²) in [6.07, 6.45) is 9.66. The van der Waals surface area contributed by atoms with Crippen molar-refractivity contribution < 1.29 is 0 Å². The van der Waals surface area contributed by atoms with E-state index in [1.54, 1.807) is 0 Å². The Hall–Kier alpha value is -1.30. The average Bonchev–Trinajstić information content (AvgIpc) is 2.35. The molecule has 0 fully saturated rings. The molecule has 2 atom stereocenters. The summed E-state index contributed by atoms with van der Waals surface area (Å²) in [5.41, 5.74) is 5.75. The molecule has 0 aromatic heterocycles. The van der Waals surface area contributed by atoms with Crippen molar-refractivity contribution in [3.05, 3.63) is 35.4 Å². The number of nitrogens with one attached hydrogen (secondary N) is 1. The second kappa shape index (κ2) is 5.16. The summed E-state index contributed by atoms with van der Waals surface area (Å²) in [4.78, 5) is 0. The van der Waals surface area contributed by atoms with Gasteiger partial charge in [-0.15, -0.1) is 12.3 Å². The molecule has 2 heteroatoms. The van der Waals surface area contributed by atoms with Crippen LogP contribution in [0.25, 0.3) is 0 Å². The van der Waals surface area contributed by atoms with E-state index in [2.05, 4.69) is 35.6 Å². The first kappa shape index (κ1) is 11.2.